The van der Waals surface area contributed by atoms with Crippen LogP contribution in [0.4, 0.5) is 4.79 Å². The van der Waals surface area contributed by atoms with E-state index in [4.69, 9.17) is 9.47 Å². The second-order valence-electron chi connectivity index (χ2n) is 3.49. The van der Waals surface area contributed by atoms with Gasteiger partial charge >= 0.3 is 6.09 Å². The van der Waals surface area contributed by atoms with Gasteiger partial charge in [-0.2, -0.15) is 0 Å². The second-order valence-corrected chi connectivity index (χ2v) is 3.49. The van der Waals surface area contributed by atoms with Gasteiger partial charge in [-0.05, 0) is 12.5 Å². The molecule has 0 aliphatic carbocycles. The van der Waals surface area contributed by atoms with E-state index < -0.39 is 6.09 Å². The monoisotopic (exact) mass is 223 g/mol. The van der Waals surface area contributed by atoms with Crippen molar-refractivity contribution in [2.75, 3.05) is 13.7 Å². The maximum absolute atomic E-state index is 11.2. The van der Waals surface area contributed by atoms with Crippen LogP contribution in [0.2, 0.25) is 0 Å². The Labute approximate surface area is 95.6 Å². The van der Waals surface area contributed by atoms with Gasteiger partial charge in [-0.15, -0.1) is 0 Å². The zero-order valence-corrected chi connectivity index (χ0v) is 9.60. The van der Waals surface area contributed by atoms with Gasteiger partial charge in [0, 0.05) is 13.7 Å². The molecule has 0 aromatic heterocycles. The van der Waals surface area contributed by atoms with Crippen molar-refractivity contribution in [1.82, 2.24) is 5.32 Å². The summed E-state index contributed by atoms with van der Waals surface area (Å²) in [6.07, 6.45) is -0.433. The molecule has 0 heterocycles. The van der Waals surface area contributed by atoms with Crippen molar-refractivity contribution in [2.45, 2.75) is 19.6 Å². The van der Waals surface area contributed by atoms with E-state index >= 15 is 0 Å². The Balaban J connectivity index is 2.20. The molecule has 0 aliphatic rings. The Morgan fingerprint density at radius 3 is 2.69 bits per heavy atom. The van der Waals surface area contributed by atoms with Gasteiger partial charge in [0.15, 0.2) is 0 Å². The number of hydrogen-bond donors (Lipinski definition) is 1. The van der Waals surface area contributed by atoms with Gasteiger partial charge in [0.2, 0.25) is 0 Å². The summed E-state index contributed by atoms with van der Waals surface area (Å²) in [7, 11) is 1.60. The number of hydrogen-bond acceptors (Lipinski definition) is 3. The molecule has 0 radical (unpaired) electrons. The van der Waals surface area contributed by atoms with Crippen molar-refractivity contribution < 1.29 is 14.3 Å². The number of carbonyl (C=O) groups excluding carboxylic acids is 1. The smallest absolute Gasteiger partial charge is 0.407 e. The first-order valence-corrected chi connectivity index (χ1v) is 5.19. The van der Waals surface area contributed by atoms with Gasteiger partial charge in [0.1, 0.15) is 6.61 Å². The quantitative estimate of drug-likeness (QED) is 0.830. The molecule has 1 atom stereocenters. The van der Waals surface area contributed by atoms with Crippen LogP contribution in [-0.4, -0.2) is 25.9 Å². The molecule has 0 bridgehead atoms. The van der Waals surface area contributed by atoms with Crippen LogP contribution in [0.25, 0.3) is 0 Å². The normalized spacial score (nSPS) is 11.9. The Morgan fingerprint density at radius 1 is 1.38 bits per heavy atom. The minimum Gasteiger partial charge on any atom is -0.445 e. The zero-order chi connectivity index (χ0) is 11.8. The Kier molecular flexibility index (Phi) is 5.36. The highest BCUT2D eigenvalue weighted by Gasteiger charge is 2.04. The summed E-state index contributed by atoms with van der Waals surface area (Å²) >= 11 is 0. The van der Waals surface area contributed by atoms with Crippen molar-refractivity contribution in [2.24, 2.45) is 0 Å². The fourth-order valence-electron chi connectivity index (χ4n) is 1.08. The minimum absolute atomic E-state index is 0.00993. The molecule has 1 aromatic carbocycles. The predicted molar refractivity (Wildman–Crippen MR) is 61.1 cm³/mol. The lowest BCUT2D eigenvalue weighted by atomic mass is 10.2. The number of ether oxygens (including phenoxy) is 2. The highest BCUT2D eigenvalue weighted by molar-refractivity contribution is 5.67. The molecule has 4 nitrogen and oxygen atoms in total. The van der Waals surface area contributed by atoms with Gasteiger partial charge in [0.05, 0.1) is 6.10 Å². The van der Waals surface area contributed by atoms with Crippen LogP contribution < -0.4 is 5.32 Å². The average molecular weight is 223 g/mol. The molecule has 0 spiro atoms. The molecule has 1 aromatic rings. The minimum atomic E-state index is -0.423. The van der Waals surface area contributed by atoms with Crippen LogP contribution in [0.3, 0.4) is 0 Å². The van der Waals surface area contributed by atoms with E-state index in [-0.39, 0.29) is 12.7 Å². The summed E-state index contributed by atoms with van der Waals surface area (Å²) in [5, 5.41) is 2.62. The summed E-state index contributed by atoms with van der Waals surface area (Å²) in [5.41, 5.74) is 0.970. The zero-order valence-electron chi connectivity index (χ0n) is 9.60. The number of benzene rings is 1. The standard InChI is InChI=1S/C12H17NO3/c1-10(15-2)8-13-12(14)16-9-11-6-4-3-5-7-11/h3-7,10H,8-9H2,1-2H3,(H,13,14). The van der Waals surface area contributed by atoms with Crippen LogP contribution in [-0.2, 0) is 16.1 Å². The lowest BCUT2D eigenvalue weighted by molar-refractivity contribution is 0.104. The molecule has 16 heavy (non-hydrogen) atoms. The number of methoxy groups -OCH3 is 1. The van der Waals surface area contributed by atoms with Gasteiger partial charge in [-0.3, -0.25) is 0 Å². The molecule has 0 aliphatic heterocycles. The van der Waals surface area contributed by atoms with E-state index in [0.29, 0.717) is 6.54 Å². The molecule has 1 unspecified atom stereocenters. The molecule has 4 heteroatoms. The van der Waals surface area contributed by atoms with E-state index in [9.17, 15) is 4.79 Å². The van der Waals surface area contributed by atoms with Gasteiger partial charge in [-0.25, -0.2) is 4.79 Å². The highest BCUT2D eigenvalue weighted by atomic mass is 16.5. The fourth-order valence-corrected chi connectivity index (χ4v) is 1.08. The first-order valence-electron chi connectivity index (χ1n) is 5.19. The molecule has 1 N–H and O–H groups in total. The maximum atomic E-state index is 11.2. The lowest BCUT2D eigenvalue weighted by Crippen LogP contribution is -2.31. The summed E-state index contributed by atoms with van der Waals surface area (Å²) in [4.78, 5) is 11.2. The Morgan fingerprint density at radius 2 is 2.06 bits per heavy atom. The molecular formula is C12H17NO3. The van der Waals surface area contributed by atoms with Crippen molar-refractivity contribution in [1.29, 1.82) is 0 Å². The summed E-state index contributed by atoms with van der Waals surface area (Å²) < 4.78 is 10.0. The molecular weight excluding hydrogens is 206 g/mol. The summed E-state index contributed by atoms with van der Waals surface area (Å²) in [6, 6.07) is 9.55. The highest BCUT2D eigenvalue weighted by Crippen LogP contribution is 2.00. The predicted octanol–water partition coefficient (Wildman–Crippen LogP) is 1.95. The molecule has 0 fully saturated rings. The first-order chi connectivity index (χ1) is 7.72. The van der Waals surface area contributed by atoms with Crippen LogP contribution in [0.1, 0.15) is 12.5 Å². The van der Waals surface area contributed by atoms with Crippen molar-refractivity contribution in [3.63, 3.8) is 0 Å². The first kappa shape index (κ1) is 12.5. The van der Waals surface area contributed by atoms with E-state index in [1.54, 1.807) is 7.11 Å². The van der Waals surface area contributed by atoms with E-state index in [1.807, 2.05) is 37.3 Å². The number of carbonyl (C=O) groups is 1. The second kappa shape index (κ2) is 6.85. The van der Waals surface area contributed by atoms with Gasteiger partial charge in [0.25, 0.3) is 0 Å². The lowest BCUT2D eigenvalue weighted by Gasteiger charge is -2.11. The SMILES string of the molecule is COC(C)CNC(=O)OCc1ccccc1. The topological polar surface area (TPSA) is 47.6 Å². The number of nitrogens with one attached hydrogen (secondary N) is 1. The summed E-state index contributed by atoms with van der Waals surface area (Å²) in [6.45, 7) is 2.61. The third kappa shape index (κ3) is 4.79. The number of rotatable bonds is 5. The maximum Gasteiger partial charge on any atom is 0.407 e. The molecule has 0 saturated heterocycles. The van der Waals surface area contributed by atoms with Crippen LogP contribution in [0.5, 0.6) is 0 Å². The van der Waals surface area contributed by atoms with Crippen LogP contribution in [0, 0.1) is 0 Å². The molecule has 1 rings (SSSR count). The number of alkyl carbamates (subject to hydrolysis) is 1. The molecule has 0 saturated carbocycles. The summed E-state index contributed by atoms with van der Waals surface area (Å²) in [5.74, 6) is 0. The third-order valence-electron chi connectivity index (χ3n) is 2.15. The fraction of sp³-hybridized carbons (Fsp3) is 0.417. The van der Waals surface area contributed by atoms with Crippen LogP contribution >= 0.6 is 0 Å². The van der Waals surface area contributed by atoms with Gasteiger partial charge in [-0.1, -0.05) is 30.3 Å². The van der Waals surface area contributed by atoms with Gasteiger partial charge < -0.3 is 14.8 Å². The van der Waals surface area contributed by atoms with Crippen LogP contribution in [0.15, 0.2) is 30.3 Å². The van der Waals surface area contributed by atoms with E-state index in [1.165, 1.54) is 0 Å². The van der Waals surface area contributed by atoms with Crippen molar-refractivity contribution >= 4 is 6.09 Å². The van der Waals surface area contributed by atoms with E-state index in [2.05, 4.69) is 5.32 Å². The molecule has 1 amide bonds. The number of amides is 1. The van der Waals surface area contributed by atoms with Crippen molar-refractivity contribution in [3.05, 3.63) is 35.9 Å². The van der Waals surface area contributed by atoms with Crippen molar-refractivity contribution in [3.8, 4) is 0 Å². The Hall–Kier alpha value is -1.55. The van der Waals surface area contributed by atoms with E-state index in [0.717, 1.165) is 5.56 Å². The average Bonchev–Trinajstić information content (AvgIpc) is 2.34. The Bertz CT molecular complexity index is 313. The molecule has 88 valence electrons. The largest absolute Gasteiger partial charge is 0.445 e. The third-order valence-corrected chi connectivity index (χ3v) is 2.15.